The van der Waals surface area contributed by atoms with Gasteiger partial charge in [-0.3, -0.25) is 4.79 Å². The molecule has 0 N–H and O–H groups in total. The van der Waals surface area contributed by atoms with E-state index in [4.69, 9.17) is 4.74 Å². The van der Waals surface area contributed by atoms with Crippen LogP contribution < -0.4 is 4.74 Å². The quantitative estimate of drug-likeness (QED) is 0.591. The molecule has 3 atom stereocenters. The van der Waals surface area contributed by atoms with E-state index in [2.05, 4.69) is 15.2 Å². The van der Waals surface area contributed by atoms with E-state index in [0.29, 0.717) is 30.1 Å². The molecule has 1 saturated heterocycles. The van der Waals surface area contributed by atoms with Gasteiger partial charge >= 0.3 is 6.18 Å². The molecule has 1 aromatic carbocycles. The van der Waals surface area contributed by atoms with Gasteiger partial charge in [0.25, 0.3) is 5.91 Å². The Morgan fingerprint density at radius 2 is 1.91 bits per heavy atom. The molecule has 2 aliphatic rings. The lowest BCUT2D eigenvalue weighted by Gasteiger charge is -2.33. The number of para-hydroxylation sites is 1. The fourth-order valence-corrected chi connectivity index (χ4v) is 4.84. The van der Waals surface area contributed by atoms with E-state index in [9.17, 15) is 18.0 Å². The van der Waals surface area contributed by atoms with Gasteiger partial charge in [-0.25, -0.2) is 4.98 Å². The van der Waals surface area contributed by atoms with Crippen LogP contribution in [-0.4, -0.2) is 49.5 Å². The maximum absolute atomic E-state index is 13.7. The van der Waals surface area contributed by atoms with Gasteiger partial charge in [0.2, 0.25) is 5.88 Å². The summed E-state index contributed by atoms with van der Waals surface area (Å²) in [7, 11) is 0. The van der Waals surface area contributed by atoms with Gasteiger partial charge in [0.1, 0.15) is 11.8 Å². The highest BCUT2D eigenvalue weighted by atomic mass is 19.4. The second kappa shape index (κ2) is 8.17. The minimum Gasteiger partial charge on any atom is -0.472 e. The van der Waals surface area contributed by atoms with Crippen LogP contribution in [0.1, 0.15) is 40.7 Å². The Hall–Kier alpha value is -3.43. The van der Waals surface area contributed by atoms with E-state index in [0.717, 1.165) is 30.7 Å². The number of ether oxygens (including phenoxy) is 1. The Bertz CT molecular complexity index is 1150. The van der Waals surface area contributed by atoms with Crippen molar-refractivity contribution in [3.63, 3.8) is 0 Å². The zero-order valence-electron chi connectivity index (χ0n) is 17.9. The van der Waals surface area contributed by atoms with Gasteiger partial charge in [0.05, 0.1) is 29.6 Å². The van der Waals surface area contributed by atoms with Crippen molar-refractivity contribution in [3.8, 4) is 11.6 Å². The second-order valence-corrected chi connectivity index (χ2v) is 8.53. The van der Waals surface area contributed by atoms with Crippen LogP contribution in [0, 0.1) is 12.8 Å². The first-order chi connectivity index (χ1) is 15.8. The van der Waals surface area contributed by atoms with E-state index in [1.807, 2.05) is 24.0 Å². The molecule has 33 heavy (non-hydrogen) atoms. The van der Waals surface area contributed by atoms with Crippen LogP contribution in [0.3, 0.4) is 0 Å². The number of alkyl halides is 3. The van der Waals surface area contributed by atoms with Crippen LogP contribution in [0.15, 0.2) is 48.9 Å². The third-order valence-corrected chi connectivity index (χ3v) is 6.40. The highest BCUT2D eigenvalue weighted by Crippen LogP contribution is 2.39. The van der Waals surface area contributed by atoms with Crippen molar-refractivity contribution < 1.29 is 22.7 Å². The molecule has 10 heteroatoms. The SMILES string of the molecule is Cc1cccc(C(=O)N2CC3CCC(Oc4ccc(C(F)(F)F)cn4)C2C3)c1-n1nccn1. The average molecular weight is 457 g/mol. The summed E-state index contributed by atoms with van der Waals surface area (Å²) in [6, 6.07) is 7.51. The van der Waals surface area contributed by atoms with Gasteiger partial charge in [-0.2, -0.15) is 28.2 Å². The minimum atomic E-state index is -4.45. The van der Waals surface area contributed by atoms with Crippen molar-refractivity contribution in [2.75, 3.05) is 6.54 Å². The van der Waals surface area contributed by atoms with Gasteiger partial charge in [0, 0.05) is 18.8 Å². The summed E-state index contributed by atoms with van der Waals surface area (Å²) in [4.78, 5) is 20.8. The second-order valence-electron chi connectivity index (χ2n) is 8.53. The molecule has 1 aliphatic heterocycles. The normalized spacial score (nSPS) is 22.4. The van der Waals surface area contributed by atoms with Gasteiger partial charge in [-0.05, 0) is 49.8 Å². The summed E-state index contributed by atoms with van der Waals surface area (Å²) in [6.07, 6.45) is 1.48. The molecule has 5 rings (SSSR count). The molecule has 2 aromatic heterocycles. The maximum atomic E-state index is 13.7. The molecular weight excluding hydrogens is 435 g/mol. The largest absolute Gasteiger partial charge is 0.472 e. The summed E-state index contributed by atoms with van der Waals surface area (Å²) in [5.41, 5.74) is 1.19. The Balaban J connectivity index is 1.39. The number of nitrogens with zero attached hydrogens (tertiary/aromatic N) is 5. The first-order valence-electron chi connectivity index (χ1n) is 10.8. The molecule has 3 aromatic rings. The van der Waals surface area contributed by atoms with Crippen molar-refractivity contribution in [2.45, 2.75) is 44.5 Å². The summed E-state index contributed by atoms with van der Waals surface area (Å²) < 4.78 is 44.5. The van der Waals surface area contributed by atoms with E-state index in [-0.39, 0.29) is 23.9 Å². The summed E-state index contributed by atoms with van der Waals surface area (Å²) >= 11 is 0. The standard InChI is InChI=1S/C23H22F3N5O2/c1-14-3-2-4-17(21(14)31-28-9-10-29-31)22(32)30-13-15-5-7-19(18(30)11-15)33-20-8-6-16(12-27-20)23(24,25)26/h2-4,6,8-10,12,15,18-19H,5,7,11,13H2,1H3. The van der Waals surface area contributed by atoms with Crippen molar-refractivity contribution in [1.82, 2.24) is 24.9 Å². The third-order valence-electron chi connectivity index (χ3n) is 6.40. The molecule has 2 fully saturated rings. The highest BCUT2D eigenvalue weighted by Gasteiger charge is 2.45. The molecular formula is C23H22F3N5O2. The number of carbonyl (C=O) groups is 1. The van der Waals surface area contributed by atoms with Crippen molar-refractivity contribution in [2.24, 2.45) is 5.92 Å². The molecule has 1 saturated carbocycles. The number of halogens is 3. The lowest BCUT2D eigenvalue weighted by molar-refractivity contribution is -0.137. The number of pyridine rings is 1. The van der Waals surface area contributed by atoms with Crippen LogP contribution in [0.4, 0.5) is 13.2 Å². The minimum absolute atomic E-state index is 0.128. The molecule has 0 spiro atoms. The van der Waals surface area contributed by atoms with E-state index in [1.165, 1.54) is 10.9 Å². The number of amides is 1. The van der Waals surface area contributed by atoms with Gasteiger partial charge < -0.3 is 9.64 Å². The Kier molecular flexibility index (Phi) is 5.30. The Morgan fingerprint density at radius 1 is 1.12 bits per heavy atom. The number of fused-ring (bicyclic) bond motifs is 2. The summed E-state index contributed by atoms with van der Waals surface area (Å²) in [5.74, 6) is 0.368. The zero-order valence-corrected chi connectivity index (χ0v) is 17.9. The number of hydrogen-bond donors (Lipinski definition) is 0. The van der Waals surface area contributed by atoms with Crippen LogP contribution in [0.25, 0.3) is 5.69 Å². The predicted octanol–water partition coefficient (Wildman–Crippen LogP) is 4.06. The van der Waals surface area contributed by atoms with Crippen LogP contribution in [0.5, 0.6) is 5.88 Å². The average Bonchev–Trinajstić information content (AvgIpc) is 3.43. The monoisotopic (exact) mass is 457 g/mol. The fourth-order valence-electron chi connectivity index (χ4n) is 4.84. The van der Waals surface area contributed by atoms with Crippen molar-refractivity contribution in [1.29, 1.82) is 0 Å². The number of aryl methyl sites for hydroxylation is 1. The lowest BCUT2D eigenvalue weighted by Crippen LogP contribution is -2.45. The molecule has 3 heterocycles. The summed E-state index contributed by atoms with van der Waals surface area (Å²) in [5, 5.41) is 8.40. The number of likely N-dealkylation sites (tertiary alicyclic amines) is 1. The fraction of sp³-hybridized carbons (Fsp3) is 0.391. The van der Waals surface area contributed by atoms with E-state index >= 15 is 0 Å². The number of hydrogen-bond acceptors (Lipinski definition) is 5. The van der Waals surface area contributed by atoms with Crippen LogP contribution in [-0.2, 0) is 6.18 Å². The maximum Gasteiger partial charge on any atom is 0.417 e. The molecule has 7 nitrogen and oxygen atoms in total. The van der Waals surface area contributed by atoms with Gasteiger partial charge in [-0.15, -0.1) is 0 Å². The van der Waals surface area contributed by atoms with E-state index in [1.54, 1.807) is 18.5 Å². The molecule has 0 radical (unpaired) electrons. The molecule has 3 unspecified atom stereocenters. The van der Waals surface area contributed by atoms with E-state index < -0.39 is 11.7 Å². The van der Waals surface area contributed by atoms with Crippen LogP contribution >= 0.6 is 0 Å². The topological polar surface area (TPSA) is 73.1 Å². The number of rotatable bonds is 4. The number of aromatic nitrogens is 4. The van der Waals surface area contributed by atoms with Crippen molar-refractivity contribution >= 4 is 5.91 Å². The summed E-state index contributed by atoms with van der Waals surface area (Å²) in [6.45, 7) is 2.52. The molecule has 1 amide bonds. The molecule has 2 bridgehead atoms. The zero-order chi connectivity index (χ0) is 23.2. The highest BCUT2D eigenvalue weighted by molar-refractivity contribution is 5.98. The van der Waals surface area contributed by atoms with Gasteiger partial charge in [0.15, 0.2) is 0 Å². The predicted molar refractivity (Wildman–Crippen MR) is 112 cm³/mol. The Morgan fingerprint density at radius 3 is 2.61 bits per heavy atom. The first-order valence-corrected chi connectivity index (χ1v) is 10.8. The smallest absolute Gasteiger partial charge is 0.417 e. The first kappa shape index (κ1) is 21.4. The lowest BCUT2D eigenvalue weighted by atomic mass is 9.88. The van der Waals surface area contributed by atoms with Crippen molar-refractivity contribution in [3.05, 3.63) is 65.6 Å². The van der Waals surface area contributed by atoms with Crippen LogP contribution in [0.2, 0.25) is 0 Å². The molecule has 172 valence electrons. The number of benzene rings is 1. The Labute approximate surface area is 188 Å². The van der Waals surface area contributed by atoms with Gasteiger partial charge in [-0.1, -0.05) is 12.1 Å². The third kappa shape index (κ3) is 4.05. The molecule has 1 aliphatic carbocycles. The number of carbonyl (C=O) groups excluding carboxylic acids is 1.